The highest BCUT2D eigenvalue weighted by molar-refractivity contribution is 7.92. The van der Waals surface area contributed by atoms with E-state index in [9.17, 15) is 13.2 Å². The molecule has 2 aromatic carbocycles. The highest BCUT2D eigenvalue weighted by Crippen LogP contribution is 2.39. The molecule has 0 aromatic heterocycles. The number of nitrogens with zero attached hydrogens (tertiary/aromatic N) is 2. The van der Waals surface area contributed by atoms with E-state index < -0.39 is 26.7 Å². The van der Waals surface area contributed by atoms with Crippen LogP contribution >= 0.6 is 0 Å². The predicted octanol–water partition coefficient (Wildman–Crippen LogP) is 3.09. The first-order valence-corrected chi connectivity index (χ1v) is 12.3. The van der Waals surface area contributed by atoms with E-state index >= 15 is 0 Å². The van der Waals surface area contributed by atoms with Crippen molar-refractivity contribution in [2.75, 3.05) is 13.1 Å². The molecule has 0 aliphatic carbocycles. The second-order valence-electron chi connectivity index (χ2n) is 9.29. The molecule has 2 heterocycles. The Bertz CT molecular complexity index is 1020. The summed E-state index contributed by atoms with van der Waals surface area (Å²) in [6.45, 7) is 7.50. The smallest absolute Gasteiger partial charge is 0.323 e. The van der Waals surface area contributed by atoms with Crippen molar-refractivity contribution in [3.8, 4) is 0 Å². The Morgan fingerprint density at radius 3 is 2.23 bits per heavy atom. The molecule has 2 saturated heterocycles. The molecule has 3 atom stereocenters. The summed E-state index contributed by atoms with van der Waals surface area (Å²) in [5.41, 5.74) is 0.507. The van der Waals surface area contributed by atoms with Crippen molar-refractivity contribution < 1.29 is 17.9 Å². The third kappa shape index (κ3) is 4.54. The molecular formula is C24H30N2O4S. The topological polar surface area (TPSA) is 66.9 Å². The number of rotatable bonds is 5. The summed E-state index contributed by atoms with van der Waals surface area (Å²) in [5, 5.41) is -0.696. The molecule has 166 valence electrons. The number of sulfone groups is 1. The van der Waals surface area contributed by atoms with Crippen LogP contribution in [0.3, 0.4) is 0 Å². The number of esters is 1. The van der Waals surface area contributed by atoms with Crippen molar-refractivity contribution in [2.45, 2.75) is 61.7 Å². The summed E-state index contributed by atoms with van der Waals surface area (Å²) in [5.74, 6) is -0.343. The fourth-order valence-electron chi connectivity index (χ4n) is 4.65. The van der Waals surface area contributed by atoms with Crippen LogP contribution in [0.5, 0.6) is 0 Å². The van der Waals surface area contributed by atoms with E-state index in [1.807, 2.05) is 56.0 Å². The summed E-state index contributed by atoms with van der Waals surface area (Å²) in [6.07, 6.45) is -0.120. The van der Waals surface area contributed by atoms with Gasteiger partial charge in [0.05, 0.1) is 16.3 Å². The lowest BCUT2D eigenvalue weighted by atomic mass is 10.1. The van der Waals surface area contributed by atoms with Crippen LogP contribution in [0, 0.1) is 0 Å². The lowest BCUT2D eigenvalue weighted by molar-refractivity contribution is -0.160. The highest BCUT2D eigenvalue weighted by Gasteiger charge is 2.55. The van der Waals surface area contributed by atoms with Crippen molar-refractivity contribution in [3.63, 3.8) is 0 Å². The number of ether oxygens (including phenoxy) is 1. The van der Waals surface area contributed by atoms with Crippen molar-refractivity contribution in [1.82, 2.24) is 9.80 Å². The van der Waals surface area contributed by atoms with Crippen molar-refractivity contribution >= 4 is 15.8 Å². The van der Waals surface area contributed by atoms with Crippen molar-refractivity contribution in [2.24, 2.45) is 0 Å². The molecule has 2 aliphatic heterocycles. The van der Waals surface area contributed by atoms with Gasteiger partial charge in [0.2, 0.25) is 0 Å². The van der Waals surface area contributed by atoms with Gasteiger partial charge in [0.25, 0.3) is 0 Å². The molecule has 0 spiro atoms. The summed E-state index contributed by atoms with van der Waals surface area (Å²) in [7, 11) is -3.62. The van der Waals surface area contributed by atoms with Crippen LogP contribution in [0.2, 0.25) is 0 Å². The van der Waals surface area contributed by atoms with Crippen LogP contribution in [0.15, 0.2) is 65.6 Å². The van der Waals surface area contributed by atoms with Gasteiger partial charge in [-0.1, -0.05) is 48.5 Å². The van der Waals surface area contributed by atoms with Crippen LogP contribution in [0.4, 0.5) is 0 Å². The summed E-state index contributed by atoms with van der Waals surface area (Å²) in [4.78, 5) is 17.5. The van der Waals surface area contributed by atoms with Gasteiger partial charge in [0.15, 0.2) is 9.84 Å². The average Bonchev–Trinajstić information content (AvgIpc) is 3.29. The first-order chi connectivity index (χ1) is 14.7. The van der Waals surface area contributed by atoms with E-state index in [1.54, 1.807) is 30.3 Å². The fourth-order valence-corrected chi connectivity index (χ4v) is 6.62. The first-order valence-electron chi connectivity index (χ1n) is 10.7. The Balaban J connectivity index is 1.67. The minimum absolute atomic E-state index is 0.238. The van der Waals surface area contributed by atoms with E-state index in [0.717, 1.165) is 5.56 Å². The number of fused-ring (bicyclic) bond motifs is 1. The fraction of sp³-hybridized carbons (Fsp3) is 0.458. The van der Waals surface area contributed by atoms with E-state index in [-0.39, 0.29) is 18.6 Å². The number of carbonyl (C=O) groups is 1. The zero-order valence-corrected chi connectivity index (χ0v) is 19.1. The maximum atomic E-state index is 13.6. The molecule has 0 bridgehead atoms. The third-order valence-corrected chi connectivity index (χ3v) is 8.09. The van der Waals surface area contributed by atoms with E-state index in [1.165, 1.54) is 0 Å². The lowest BCUT2D eigenvalue weighted by Crippen LogP contribution is -2.46. The van der Waals surface area contributed by atoms with Gasteiger partial charge in [-0.15, -0.1) is 0 Å². The van der Waals surface area contributed by atoms with Crippen LogP contribution in [-0.2, 0) is 25.9 Å². The van der Waals surface area contributed by atoms with Crippen molar-refractivity contribution in [3.05, 3.63) is 66.2 Å². The zero-order valence-electron chi connectivity index (χ0n) is 18.3. The monoisotopic (exact) mass is 442 g/mol. The minimum atomic E-state index is -3.62. The molecule has 2 fully saturated rings. The third-order valence-electron chi connectivity index (χ3n) is 5.93. The summed E-state index contributed by atoms with van der Waals surface area (Å²) < 4.78 is 32.9. The summed E-state index contributed by atoms with van der Waals surface area (Å²) >= 11 is 0. The number of carbonyl (C=O) groups excluding carboxylic acids is 1. The number of hydrogen-bond donors (Lipinski definition) is 0. The molecule has 0 radical (unpaired) electrons. The number of benzene rings is 2. The molecule has 0 amide bonds. The van der Waals surface area contributed by atoms with Gasteiger partial charge in [-0.2, -0.15) is 0 Å². The Morgan fingerprint density at radius 1 is 1.00 bits per heavy atom. The van der Waals surface area contributed by atoms with Crippen LogP contribution in [0.1, 0.15) is 32.8 Å². The summed E-state index contributed by atoms with van der Waals surface area (Å²) in [6, 6.07) is 18.0. The van der Waals surface area contributed by atoms with E-state index in [2.05, 4.69) is 4.90 Å². The Morgan fingerprint density at radius 2 is 1.61 bits per heavy atom. The lowest BCUT2D eigenvalue weighted by Gasteiger charge is -2.30. The Labute approximate surface area is 184 Å². The normalized spacial score (nSPS) is 24.8. The molecule has 2 aromatic rings. The maximum absolute atomic E-state index is 13.6. The molecular weight excluding hydrogens is 412 g/mol. The Hall–Kier alpha value is -2.22. The van der Waals surface area contributed by atoms with Crippen LogP contribution in [0.25, 0.3) is 0 Å². The largest absolute Gasteiger partial charge is 0.459 e. The van der Waals surface area contributed by atoms with Gasteiger partial charge in [0.1, 0.15) is 11.6 Å². The van der Waals surface area contributed by atoms with Crippen molar-refractivity contribution in [1.29, 1.82) is 0 Å². The highest BCUT2D eigenvalue weighted by atomic mass is 32.2. The predicted molar refractivity (Wildman–Crippen MR) is 119 cm³/mol. The molecule has 2 aliphatic rings. The minimum Gasteiger partial charge on any atom is -0.459 e. The standard InChI is InChI=1S/C24H30N2O4S/c1-24(2,3)30-23(27)20-16-21(31(28,29)19-12-8-5-9-13-19)22-25(14-15-26(20)22)17-18-10-6-4-7-11-18/h4-13,20-22H,14-17H2,1-3H3/t20-,21-,22-/m0/s1. The molecule has 31 heavy (non-hydrogen) atoms. The first kappa shape index (κ1) is 22.0. The quantitative estimate of drug-likeness (QED) is 0.663. The average molecular weight is 443 g/mol. The van der Waals surface area contributed by atoms with Gasteiger partial charge in [0, 0.05) is 19.6 Å². The molecule has 0 N–H and O–H groups in total. The second-order valence-corrected chi connectivity index (χ2v) is 11.5. The second kappa shape index (κ2) is 8.37. The van der Waals surface area contributed by atoms with Gasteiger partial charge in [-0.3, -0.25) is 14.6 Å². The molecule has 7 heteroatoms. The SMILES string of the molecule is CC(C)(C)OC(=O)[C@@H]1C[C@H](S(=O)(=O)c2ccccc2)[C@H]2N(Cc3ccccc3)CCN12. The van der Waals surface area contributed by atoms with Gasteiger partial charge >= 0.3 is 5.97 Å². The Kier molecular flexibility index (Phi) is 5.94. The van der Waals surface area contributed by atoms with Gasteiger partial charge in [-0.25, -0.2) is 8.42 Å². The van der Waals surface area contributed by atoms with Crippen LogP contribution < -0.4 is 0 Å². The van der Waals surface area contributed by atoms with Gasteiger partial charge in [-0.05, 0) is 44.9 Å². The molecule has 4 rings (SSSR count). The molecule has 6 nitrogen and oxygen atoms in total. The van der Waals surface area contributed by atoms with Gasteiger partial charge < -0.3 is 4.74 Å². The molecule has 0 unspecified atom stereocenters. The maximum Gasteiger partial charge on any atom is 0.323 e. The zero-order chi connectivity index (χ0) is 22.2. The van der Waals surface area contributed by atoms with E-state index in [0.29, 0.717) is 24.5 Å². The van der Waals surface area contributed by atoms with E-state index in [4.69, 9.17) is 4.74 Å². The molecule has 0 saturated carbocycles. The van der Waals surface area contributed by atoms with Crippen LogP contribution in [-0.4, -0.2) is 60.3 Å². The number of hydrogen-bond acceptors (Lipinski definition) is 6.